The molecule has 0 aliphatic carbocycles. The number of amides is 1. The van der Waals surface area contributed by atoms with Crippen LogP contribution in [0.4, 0.5) is 0 Å². The van der Waals surface area contributed by atoms with Gasteiger partial charge in [-0.05, 0) is 81.0 Å². The average Bonchev–Trinajstić information content (AvgIpc) is 2.65. The fourth-order valence-electron chi connectivity index (χ4n) is 3.26. The highest BCUT2D eigenvalue weighted by Gasteiger charge is 2.26. The van der Waals surface area contributed by atoms with Crippen molar-refractivity contribution < 1.29 is 21.6 Å². The van der Waals surface area contributed by atoms with Crippen molar-refractivity contribution in [3.8, 4) is 0 Å². The number of nitrogens with one attached hydrogen (secondary N) is 2. The summed E-state index contributed by atoms with van der Waals surface area (Å²) in [5.41, 5.74) is 3.86. The van der Waals surface area contributed by atoms with Crippen molar-refractivity contribution in [2.24, 2.45) is 5.14 Å². The number of carbonyl (C=O) groups is 1. The van der Waals surface area contributed by atoms with Gasteiger partial charge in [0.1, 0.15) is 0 Å². The second-order valence-corrected chi connectivity index (χ2v) is 10.9. The van der Waals surface area contributed by atoms with Gasteiger partial charge in [0.15, 0.2) is 0 Å². The maximum Gasteiger partial charge on any atom is 0.241 e. The highest BCUT2D eigenvalue weighted by atomic mass is 32.2. The van der Waals surface area contributed by atoms with Crippen LogP contribution in [-0.2, 0) is 31.3 Å². The van der Waals surface area contributed by atoms with Crippen LogP contribution in [0.25, 0.3) is 0 Å². The molecular formula is C21H29N3O5S2. The molecule has 0 fully saturated rings. The summed E-state index contributed by atoms with van der Waals surface area (Å²) in [5, 5.41) is 7.76. The van der Waals surface area contributed by atoms with E-state index in [2.05, 4.69) is 10.0 Å². The number of carbonyl (C=O) groups excluding carboxylic acids is 1. The van der Waals surface area contributed by atoms with Crippen LogP contribution in [0.2, 0.25) is 0 Å². The molecule has 31 heavy (non-hydrogen) atoms. The molecule has 0 aliphatic rings. The van der Waals surface area contributed by atoms with E-state index in [1.165, 1.54) is 19.1 Å². The van der Waals surface area contributed by atoms with Crippen molar-refractivity contribution in [2.75, 3.05) is 6.54 Å². The van der Waals surface area contributed by atoms with Crippen LogP contribution in [0.1, 0.15) is 34.7 Å². The number of rotatable bonds is 8. The number of primary sulfonamides is 1. The first-order chi connectivity index (χ1) is 14.2. The molecule has 10 heteroatoms. The average molecular weight is 468 g/mol. The molecule has 2 aromatic rings. The van der Waals surface area contributed by atoms with E-state index in [-0.39, 0.29) is 16.3 Å². The summed E-state index contributed by atoms with van der Waals surface area (Å²) in [6.45, 7) is 8.96. The summed E-state index contributed by atoms with van der Waals surface area (Å²) in [7, 11) is -7.64. The van der Waals surface area contributed by atoms with Crippen LogP contribution in [-0.4, -0.2) is 35.3 Å². The van der Waals surface area contributed by atoms with E-state index in [1.54, 1.807) is 26.0 Å². The van der Waals surface area contributed by atoms with Crippen LogP contribution >= 0.6 is 0 Å². The van der Waals surface area contributed by atoms with E-state index in [1.807, 2.05) is 19.9 Å². The SMILES string of the molecule is Cc1cc(C)c(C)c(S(=O)(=O)N[C@@H](C)C(=O)NCCc2ccc(S(N)(=O)=O)cc2)c1C. The molecule has 0 heterocycles. The van der Waals surface area contributed by atoms with Gasteiger partial charge in [-0.25, -0.2) is 22.0 Å². The Bertz CT molecular complexity index is 1160. The van der Waals surface area contributed by atoms with Crippen molar-refractivity contribution in [1.29, 1.82) is 0 Å². The van der Waals surface area contributed by atoms with Gasteiger partial charge in [-0.15, -0.1) is 0 Å². The van der Waals surface area contributed by atoms with E-state index < -0.39 is 32.0 Å². The zero-order valence-corrected chi connectivity index (χ0v) is 19.9. The smallest absolute Gasteiger partial charge is 0.241 e. The Morgan fingerprint density at radius 2 is 1.48 bits per heavy atom. The first kappa shape index (κ1) is 25.0. The number of aryl methyl sites for hydroxylation is 2. The molecule has 0 aromatic heterocycles. The highest BCUT2D eigenvalue weighted by Crippen LogP contribution is 2.26. The molecule has 0 saturated heterocycles. The monoisotopic (exact) mass is 467 g/mol. The van der Waals surface area contributed by atoms with Crippen molar-refractivity contribution in [3.63, 3.8) is 0 Å². The lowest BCUT2D eigenvalue weighted by Gasteiger charge is -2.19. The van der Waals surface area contributed by atoms with Gasteiger partial charge in [-0.3, -0.25) is 4.79 Å². The van der Waals surface area contributed by atoms with Crippen molar-refractivity contribution >= 4 is 26.0 Å². The molecule has 1 atom stereocenters. The van der Waals surface area contributed by atoms with Gasteiger partial charge >= 0.3 is 0 Å². The van der Waals surface area contributed by atoms with E-state index in [4.69, 9.17) is 5.14 Å². The fraction of sp³-hybridized carbons (Fsp3) is 0.381. The third-order valence-corrected chi connectivity index (χ3v) is 8.00. The number of nitrogens with two attached hydrogens (primary N) is 1. The van der Waals surface area contributed by atoms with Crippen LogP contribution in [0.15, 0.2) is 40.1 Å². The zero-order chi connectivity index (χ0) is 23.6. The standard InChI is InChI=1S/C21H29N3O5S2/c1-13-12-14(2)16(4)20(15(13)3)31(28,29)24-17(5)21(25)23-11-10-18-6-8-19(9-7-18)30(22,26)27/h6-9,12,17,24H,10-11H2,1-5H3,(H,23,25)(H2,22,26,27)/t17-/m0/s1. The summed E-state index contributed by atoms with van der Waals surface area (Å²) < 4.78 is 50.9. The Balaban J connectivity index is 2.01. The summed E-state index contributed by atoms with van der Waals surface area (Å²) >= 11 is 0. The molecule has 0 aliphatic heterocycles. The van der Waals surface area contributed by atoms with Gasteiger partial charge in [0.05, 0.1) is 15.8 Å². The molecule has 0 spiro atoms. The predicted octanol–water partition coefficient (Wildman–Crippen LogP) is 1.59. The molecule has 0 radical (unpaired) electrons. The van der Waals surface area contributed by atoms with E-state index in [0.29, 0.717) is 17.5 Å². The molecule has 4 N–H and O–H groups in total. The third kappa shape index (κ3) is 6.13. The topological polar surface area (TPSA) is 135 Å². The summed E-state index contributed by atoms with van der Waals surface area (Å²) in [4.78, 5) is 12.6. The molecule has 1 amide bonds. The Kier molecular flexibility index (Phi) is 7.64. The first-order valence-corrected chi connectivity index (χ1v) is 12.8. The van der Waals surface area contributed by atoms with Gasteiger partial charge in [0, 0.05) is 6.54 Å². The predicted molar refractivity (Wildman–Crippen MR) is 120 cm³/mol. The van der Waals surface area contributed by atoms with Gasteiger partial charge in [-0.1, -0.05) is 18.2 Å². The number of benzene rings is 2. The maximum atomic E-state index is 13.0. The van der Waals surface area contributed by atoms with Crippen LogP contribution in [0.3, 0.4) is 0 Å². The van der Waals surface area contributed by atoms with Crippen molar-refractivity contribution in [2.45, 2.75) is 56.9 Å². The first-order valence-electron chi connectivity index (χ1n) is 9.73. The van der Waals surface area contributed by atoms with Crippen LogP contribution < -0.4 is 15.2 Å². The lowest BCUT2D eigenvalue weighted by atomic mass is 10.0. The fourth-order valence-corrected chi connectivity index (χ4v) is 5.59. The Labute approximate surface area is 184 Å². The Morgan fingerprint density at radius 1 is 0.968 bits per heavy atom. The summed E-state index contributed by atoms with van der Waals surface area (Å²) in [6, 6.07) is 7.01. The minimum atomic E-state index is -3.89. The lowest BCUT2D eigenvalue weighted by molar-refractivity contribution is -0.122. The number of hydrogen-bond acceptors (Lipinski definition) is 5. The summed E-state index contributed by atoms with van der Waals surface area (Å²) in [6.07, 6.45) is 0.450. The van der Waals surface area contributed by atoms with Gasteiger partial charge in [-0.2, -0.15) is 4.72 Å². The van der Waals surface area contributed by atoms with Crippen LogP contribution in [0.5, 0.6) is 0 Å². The second-order valence-electron chi connectivity index (χ2n) is 7.66. The van der Waals surface area contributed by atoms with E-state index in [0.717, 1.165) is 16.7 Å². The summed E-state index contributed by atoms with van der Waals surface area (Å²) in [5.74, 6) is -0.454. The normalized spacial score (nSPS) is 13.1. The molecule has 0 saturated carbocycles. The lowest BCUT2D eigenvalue weighted by Crippen LogP contribution is -2.45. The third-order valence-electron chi connectivity index (χ3n) is 5.26. The Hall–Kier alpha value is -2.27. The highest BCUT2D eigenvalue weighted by molar-refractivity contribution is 7.89. The van der Waals surface area contributed by atoms with Gasteiger partial charge in [0.25, 0.3) is 0 Å². The second kappa shape index (κ2) is 9.47. The Morgan fingerprint density at radius 3 is 1.97 bits per heavy atom. The van der Waals surface area contributed by atoms with E-state index in [9.17, 15) is 21.6 Å². The largest absolute Gasteiger partial charge is 0.354 e. The zero-order valence-electron chi connectivity index (χ0n) is 18.3. The molecule has 2 rings (SSSR count). The number of sulfonamides is 2. The van der Waals surface area contributed by atoms with Gasteiger partial charge in [0.2, 0.25) is 26.0 Å². The minimum absolute atomic E-state index is 0.0142. The quantitative estimate of drug-likeness (QED) is 0.542. The number of hydrogen-bond donors (Lipinski definition) is 3. The van der Waals surface area contributed by atoms with Gasteiger partial charge < -0.3 is 5.32 Å². The van der Waals surface area contributed by atoms with Crippen LogP contribution in [0, 0.1) is 27.7 Å². The molecule has 0 unspecified atom stereocenters. The molecule has 0 bridgehead atoms. The molecule has 170 valence electrons. The van der Waals surface area contributed by atoms with Crippen molar-refractivity contribution in [3.05, 3.63) is 58.1 Å². The van der Waals surface area contributed by atoms with E-state index >= 15 is 0 Å². The maximum absolute atomic E-state index is 13.0. The molecule has 2 aromatic carbocycles. The molecular weight excluding hydrogens is 438 g/mol. The van der Waals surface area contributed by atoms with Crippen molar-refractivity contribution in [1.82, 2.24) is 10.0 Å². The minimum Gasteiger partial charge on any atom is -0.354 e. The molecule has 8 nitrogen and oxygen atoms in total.